The Morgan fingerprint density at radius 1 is 1.11 bits per heavy atom. The summed E-state index contributed by atoms with van der Waals surface area (Å²) < 4.78 is 10.6. The van der Waals surface area contributed by atoms with Crippen molar-refractivity contribution in [1.29, 1.82) is 5.26 Å². The molecule has 6 heteroatoms. The lowest BCUT2D eigenvalue weighted by Crippen LogP contribution is -2.48. The average molecular weight is 377 g/mol. The van der Waals surface area contributed by atoms with Crippen LogP contribution in [0.5, 0.6) is 11.5 Å². The minimum atomic E-state index is -0.0427. The molecule has 0 bridgehead atoms. The van der Waals surface area contributed by atoms with Gasteiger partial charge in [-0.05, 0) is 35.9 Å². The fraction of sp³-hybridized carbons (Fsp3) is 0.273. The van der Waals surface area contributed by atoms with Crippen LogP contribution in [0.4, 0.5) is 5.69 Å². The van der Waals surface area contributed by atoms with Crippen molar-refractivity contribution in [3.63, 3.8) is 0 Å². The molecule has 6 nitrogen and oxygen atoms in total. The van der Waals surface area contributed by atoms with E-state index in [9.17, 15) is 4.79 Å². The maximum absolute atomic E-state index is 12.5. The molecule has 1 saturated heterocycles. The van der Waals surface area contributed by atoms with E-state index in [0.717, 1.165) is 18.7 Å². The van der Waals surface area contributed by atoms with E-state index >= 15 is 0 Å². The minimum Gasteiger partial charge on any atom is -0.493 e. The molecule has 0 aliphatic carbocycles. The van der Waals surface area contributed by atoms with E-state index in [1.807, 2.05) is 35.2 Å². The summed E-state index contributed by atoms with van der Waals surface area (Å²) in [6.07, 6.45) is 3.35. The summed E-state index contributed by atoms with van der Waals surface area (Å²) in [6.45, 7) is 2.99. The number of hydrogen-bond acceptors (Lipinski definition) is 5. The fourth-order valence-corrected chi connectivity index (χ4v) is 3.11. The Kier molecular flexibility index (Phi) is 6.53. The first-order valence-electron chi connectivity index (χ1n) is 9.16. The first-order valence-corrected chi connectivity index (χ1v) is 9.16. The molecular weight excluding hydrogens is 354 g/mol. The second-order valence-electron chi connectivity index (χ2n) is 6.34. The number of para-hydroxylation sites is 1. The number of rotatable bonds is 6. The van der Waals surface area contributed by atoms with Gasteiger partial charge in [-0.3, -0.25) is 4.79 Å². The topological polar surface area (TPSA) is 65.8 Å². The van der Waals surface area contributed by atoms with Crippen LogP contribution in [0.3, 0.4) is 0 Å². The molecule has 1 heterocycles. The van der Waals surface area contributed by atoms with Crippen molar-refractivity contribution in [2.24, 2.45) is 0 Å². The van der Waals surface area contributed by atoms with Crippen molar-refractivity contribution < 1.29 is 14.3 Å². The lowest BCUT2D eigenvalue weighted by atomic mass is 10.1. The molecule has 144 valence electrons. The number of nitriles is 1. The van der Waals surface area contributed by atoms with Crippen molar-refractivity contribution in [2.45, 2.75) is 0 Å². The quantitative estimate of drug-likeness (QED) is 0.724. The molecule has 3 rings (SSSR count). The first kappa shape index (κ1) is 19.3. The normalized spacial score (nSPS) is 14.0. The molecule has 2 aromatic carbocycles. The third kappa shape index (κ3) is 4.83. The Morgan fingerprint density at radius 2 is 1.86 bits per heavy atom. The third-order valence-electron chi connectivity index (χ3n) is 4.61. The number of piperazine rings is 1. The van der Waals surface area contributed by atoms with Gasteiger partial charge in [0.2, 0.25) is 5.91 Å². The van der Waals surface area contributed by atoms with E-state index in [1.165, 1.54) is 5.69 Å². The molecule has 0 spiro atoms. The lowest BCUT2D eigenvalue weighted by molar-refractivity contribution is -0.126. The second kappa shape index (κ2) is 9.47. The standard InChI is InChI=1S/C22H23N3O3/c1-27-21-17-18(7-9-20(21)28-16-11-23)8-10-22(26)25-14-12-24(13-15-25)19-5-3-2-4-6-19/h2-10,17H,12-16H2,1H3/b10-8+. The number of nitrogens with zero attached hydrogens (tertiary/aromatic N) is 3. The van der Waals surface area contributed by atoms with Crippen LogP contribution in [-0.2, 0) is 4.79 Å². The van der Waals surface area contributed by atoms with Gasteiger partial charge < -0.3 is 19.3 Å². The smallest absolute Gasteiger partial charge is 0.246 e. The third-order valence-corrected chi connectivity index (χ3v) is 4.61. The van der Waals surface area contributed by atoms with Gasteiger partial charge in [0.25, 0.3) is 0 Å². The molecule has 0 aromatic heterocycles. The van der Waals surface area contributed by atoms with Crippen molar-refractivity contribution in [2.75, 3.05) is 44.8 Å². The monoisotopic (exact) mass is 377 g/mol. The van der Waals surface area contributed by atoms with E-state index in [4.69, 9.17) is 14.7 Å². The van der Waals surface area contributed by atoms with E-state index in [2.05, 4.69) is 17.0 Å². The molecule has 1 aliphatic heterocycles. The maximum atomic E-state index is 12.5. The van der Waals surface area contributed by atoms with Gasteiger partial charge in [-0.2, -0.15) is 5.26 Å². The average Bonchev–Trinajstić information content (AvgIpc) is 2.77. The Balaban J connectivity index is 1.57. The van der Waals surface area contributed by atoms with Crippen LogP contribution < -0.4 is 14.4 Å². The number of anilines is 1. The van der Waals surface area contributed by atoms with Crippen LogP contribution in [-0.4, -0.2) is 50.7 Å². The number of ether oxygens (including phenoxy) is 2. The van der Waals surface area contributed by atoms with Crippen molar-refractivity contribution >= 4 is 17.7 Å². The molecule has 28 heavy (non-hydrogen) atoms. The molecule has 1 fully saturated rings. The van der Waals surface area contributed by atoms with E-state index < -0.39 is 0 Å². The predicted octanol–water partition coefficient (Wildman–Crippen LogP) is 2.96. The van der Waals surface area contributed by atoms with Gasteiger partial charge in [0, 0.05) is 37.9 Å². The number of methoxy groups -OCH3 is 1. The van der Waals surface area contributed by atoms with Crippen LogP contribution in [0.15, 0.2) is 54.6 Å². The zero-order chi connectivity index (χ0) is 19.8. The van der Waals surface area contributed by atoms with Crippen molar-refractivity contribution in [1.82, 2.24) is 4.90 Å². The van der Waals surface area contributed by atoms with Crippen LogP contribution >= 0.6 is 0 Å². The molecule has 2 aromatic rings. The highest BCUT2D eigenvalue weighted by molar-refractivity contribution is 5.92. The summed E-state index contributed by atoms with van der Waals surface area (Å²) in [5.41, 5.74) is 2.02. The molecule has 0 atom stereocenters. The number of amides is 1. The Bertz CT molecular complexity index is 866. The van der Waals surface area contributed by atoms with Gasteiger partial charge >= 0.3 is 0 Å². The van der Waals surface area contributed by atoms with Gasteiger partial charge in [-0.15, -0.1) is 0 Å². The molecule has 0 saturated carbocycles. The first-order chi connectivity index (χ1) is 13.7. The zero-order valence-corrected chi connectivity index (χ0v) is 15.9. The molecule has 0 unspecified atom stereocenters. The highest BCUT2D eigenvalue weighted by Crippen LogP contribution is 2.28. The van der Waals surface area contributed by atoms with Crippen molar-refractivity contribution in [3.8, 4) is 17.6 Å². The van der Waals surface area contributed by atoms with Crippen LogP contribution in [0, 0.1) is 11.3 Å². The van der Waals surface area contributed by atoms with E-state index in [-0.39, 0.29) is 12.5 Å². The fourth-order valence-electron chi connectivity index (χ4n) is 3.11. The molecule has 1 amide bonds. The Hall–Kier alpha value is -3.46. The van der Waals surface area contributed by atoms with Gasteiger partial charge in [0.05, 0.1) is 7.11 Å². The highest BCUT2D eigenvalue weighted by Gasteiger charge is 2.19. The van der Waals surface area contributed by atoms with E-state index in [0.29, 0.717) is 24.6 Å². The van der Waals surface area contributed by atoms with Crippen LogP contribution in [0.1, 0.15) is 5.56 Å². The minimum absolute atomic E-state index is 0.00325. The summed E-state index contributed by atoms with van der Waals surface area (Å²) in [5.74, 6) is 1.03. The highest BCUT2D eigenvalue weighted by atomic mass is 16.5. The molecule has 0 radical (unpaired) electrons. The number of carbonyl (C=O) groups excluding carboxylic acids is 1. The van der Waals surface area contributed by atoms with Crippen molar-refractivity contribution in [3.05, 3.63) is 60.2 Å². The number of hydrogen-bond donors (Lipinski definition) is 0. The van der Waals surface area contributed by atoms with Gasteiger partial charge in [-0.1, -0.05) is 24.3 Å². The van der Waals surface area contributed by atoms with Gasteiger partial charge in [-0.25, -0.2) is 0 Å². The predicted molar refractivity (Wildman–Crippen MR) is 108 cm³/mol. The molecule has 1 aliphatic rings. The SMILES string of the molecule is COc1cc(/C=C/C(=O)N2CCN(c3ccccc3)CC2)ccc1OCC#N. The molecule has 0 N–H and O–H groups in total. The summed E-state index contributed by atoms with van der Waals surface area (Å²) in [5, 5.41) is 8.62. The lowest BCUT2D eigenvalue weighted by Gasteiger charge is -2.35. The van der Waals surface area contributed by atoms with Gasteiger partial charge in [0.1, 0.15) is 6.07 Å². The number of carbonyl (C=O) groups is 1. The second-order valence-corrected chi connectivity index (χ2v) is 6.34. The van der Waals surface area contributed by atoms with Crippen LogP contribution in [0.25, 0.3) is 6.08 Å². The Morgan fingerprint density at radius 3 is 2.54 bits per heavy atom. The van der Waals surface area contributed by atoms with Crippen LogP contribution in [0.2, 0.25) is 0 Å². The van der Waals surface area contributed by atoms with Gasteiger partial charge in [0.15, 0.2) is 18.1 Å². The number of benzene rings is 2. The van der Waals surface area contributed by atoms with E-state index in [1.54, 1.807) is 31.4 Å². The largest absolute Gasteiger partial charge is 0.493 e. The molecular formula is C22H23N3O3. The Labute approximate surface area is 165 Å². The summed E-state index contributed by atoms with van der Waals surface area (Å²) in [7, 11) is 1.54. The summed E-state index contributed by atoms with van der Waals surface area (Å²) in [4.78, 5) is 16.7. The summed E-state index contributed by atoms with van der Waals surface area (Å²) in [6, 6.07) is 17.5. The zero-order valence-electron chi connectivity index (χ0n) is 15.9. The summed E-state index contributed by atoms with van der Waals surface area (Å²) >= 11 is 0. The maximum Gasteiger partial charge on any atom is 0.246 e.